The molecule has 0 N–H and O–H groups in total. The summed E-state index contributed by atoms with van der Waals surface area (Å²) in [4.78, 5) is 11.0. The molecule has 0 aromatic rings. The standard InChI is InChI=1S/C20H36O3/c1-3-4-5-6-7-8-9-10-11-12-13-14-15-18-19(23-18)16-17-20(21)22-2/h14-15,18-19H,3-13,16-17H2,1-2H3/b15-14-. The van der Waals surface area contributed by atoms with Gasteiger partial charge in [-0.15, -0.1) is 0 Å². The van der Waals surface area contributed by atoms with Crippen LogP contribution in [0.15, 0.2) is 12.2 Å². The van der Waals surface area contributed by atoms with Crippen molar-refractivity contribution in [3.8, 4) is 0 Å². The quantitative estimate of drug-likeness (QED) is 0.171. The Balaban J connectivity index is 1.80. The van der Waals surface area contributed by atoms with Crippen LogP contribution in [0.25, 0.3) is 0 Å². The van der Waals surface area contributed by atoms with Crippen LogP contribution in [0.2, 0.25) is 0 Å². The van der Waals surface area contributed by atoms with Gasteiger partial charge in [-0.2, -0.15) is 0 Å². The molecule has 2 atom stereocenters. The predicted molar refractivity (Wildman–Crippen MR) is 95.5 cm³/mol. The molecule has 0 saturated carbocycles. The van der Waals surface area contributed by atoms with E-state index in [0.29, 0.717) is 6.42 Å². The molecular formula is C20H36O3. The van der Waals surface area contributed by atoms with Crippen LogP contribution in [0.3, 0.4) is 0 Å². The highest BCUT2D eigenvalue weighted by Gasteiger charge is 2.36. The summed E-state index contributed by atoms with van der Waals surface area (Å²) in [7, 11) is 1.43. The number of esters is 1. The van der Waals surface area contributed by atoms with E-state index >= 15 is 0 Å². The number of ether oxygens (including phenoxy) is 2. The molecule has 0 bridgehead atoms. The van der Waals surface area contributed by atoms with Gasteiger partial charge in [0.05, 0.1) is 13.2 Å². The van der Waals surface area contributed by atoms with E-state index in [9.17, 15) is 4.79 Å². The van der Waals surface area contributed by atoms with Gasteiger partial charge >= 0.3 is 5.97 Å². The van der Waals surface area contributed by atoms with Crippen molar-refractivity contribution in [2.75, 3.05) is 7.11 Å². The smallest absolute Gasteiger partial charge is 0.305 e. The molecule has 1 fully saturated rings. The lowest BCUT2D eigenvalue weighted by molar-refractivity contribution is -0.140. The second kappa shape index (κ2) is 13.6. The first kappa shape index (κ1) is 20.2. The van der Waals surface area contributed by atoms with E-state index in [1.165, 1.54) is 71.3 Å². The molecule has 134 valence electrons. The number of carbonyl (C=O) groups is 1. The fraction of sp³-hybridized carbons (Fsp3) is 0.850. The number of hydrogen-bond donors (Lipinski definition) is 0. The maximum absolute atomic E-state index is 11.0. The normalized spacial score (nSPS) is 20.1. The van der Waals surface area contributed by atoms with E-state index in [2.05, 4.69) is 23.8 Å². The largest absolute Gasteiger partial charge is 0.469 e. The predicted octanol–water partition coefficient (Wildman–Crippen LogP) is 5.57. The number of rotatable bonds is 15. The van der Waals surface area contributed by atoms with Crippen molar-refractivity contribution in [3.05, 3.63) is 12.2 Å². The van der Waals surface area contributed by atoms with Crippen LogP contribution in [-0.4, -0.2) is 25.3 Å². The number of methoxy groups -OCH3 is 1. The lowest BCUT2D eigenvalue weighted by Crippen LogP contribution is -2.02. The number of unbranched alkanes of at least 4 members (excludes halogenated alkanes) is 10. The molecule has 1 aliphatic heterocycles. The second-order valence-corrected chi connectivity index (χ2v) is 6.65. The van der Waals surface area contributed by atoms with Crippen LogP contribution in [0, 0.1) is 0 Å². The Morgan fingerprint density at radius 3 is 2.22 bits per heavy atom. The summed E-state index contributed by atoms with van der Waals surface area (Å²) in [5.41, 5.74) is 0. The summed E-state index contributed by atoms with van der Waals surface area (Å²) < 4.78 is 10.1. The Labute approximate surface area is 142 Å². The molecule has 1 heterocycles. The Morgan fingerprint density at radius 2 is 1.61 bits per heavy atom. The van der Waals surface area contributed by atoms with Crippen molar-refractivity contribution in [2.24, 2.45) is 0 Å². The monoisotopic (exact) mass is 324 g/mol. The fourth-order valence-corrected chi connectivity index (χ4v) is 2.90. The van der Waals surface area contributed by atoms with Crippen LogP contribution >= 0.6 is 0 Å². The summed E-state index contributed by atoms with van der Waals surface area (Å²) in [6, 6.07) is 0. The van der Waals surface area contributed by atoms with Crippen molar-refractivity contribution in [3.63, 3.8) is 0 Å². The lowest BCUT2D eigenvalue weighted by Gasteiger charge is -2.01. The number of hydrogen-bond acceptors (Lipinski definition) is 3. The Morgan fingerprint density at radius 1 is 1.00 bits per heavy atom. The molecule has 0 amide bonds. The van der Waals surface area contributed by atoms with Gasteiger partial charge in [0.1, 0.15) is 6.10 Å². The van der Waals surface area contributed by atoms with E-state index in [1.54, 1.807) is 0 Å². The van der Waals surface area contributed by atoms with E-state index in [0.717, 1.165) is 12.8 Å². The van der Waals surface area contributed by atoms with Gasteiger partial charge < -0.3 is 9.47 Å². The van der Waals surface area contributed by atoms with Crippen LogP contribution in [0.1, 0.15) is 90.4 Å². The highest BCUT2D eigenvalue weighted by molar-refractivity contribution is 5.69. The van der Waals surface area contributed by atoms with Gasteiger partial charge in [0.25, 0.3) is 0 Å². The minimum absolute atomic E-state index is 0.145. The zero-order valence-corrected chi connectivity index (χ0v) is 15.2. The molecule has 0 aromatic heterocycles. The van der Waals surface area contributed by atoms with Crippen LogP contribution in [0.5, 0.6) is 0 Å². The fourth-order valence-electron chi connectivity index (χ4n) is 2.90. The SMILES string of the molecule is CCCCCCCCCCCC/C=C\C1OC1CCC(=O)OC. The number of carbonyl (C=O) groups excluding carboxylic acids is 1. The van der Waals surface area contributed by atoms with Crippen molar-refractivity contribution in [1.29, 1.82) is 0 Å². The molecule has 1 aliphatic rings. The Hall–Kier alpha value is -0.830. The summed E-state index contributed by atoms with van der Waals surface area (Å²) in [5, 5.41) is 0. The summed E-state index contributed by atoms with van der Waals surface area (Å²) in [6.07, 6.45) is 21.1. The highest BCUT2D eigenvalue weighted by Crippen LogP contribution is 2.28. The molecule has 1 saturated heterocycles. The molecule has 1 rings (SSSR count). The van der Waals surface area contributed by atoms with Crippen LogP contribution in [-0.2, 0) is 14.3 Å². The zero-order chi connectivity index (χ0) is 16.8. The van der Waals surface area contributed by atoms with E-state index in [1.807, 2.05) is 0 Å². The third-order valence-corrected chi connectivity index (χ3v) is 4.53. The number of allylic oxidation sites excluding steroid dienone is 1. The third-order valence-electron chi connectivity index (χ3n) is 4.53. The lowest BCUT2D eigenvalue weighted by atomic mass is 10.1. The van der Waals surface area contributed by atoms with Gasteiger partial charge in [0.15, 0.2) is 0 Å². The van der Waals surface area contributed by atoms with Gasteiger partial charge in [-0.25, -0.2) is 0 Å². The van der Waals surface area contributed by atoms with Gasteiger partial charge in [-0.05, 0) is 19.3 Å². The molecule has 0 radical (unpaired) electrons. The van der Waals surface area contributed by atoms with Crippen molar-refractivity contribution in [2.45, 2.75) is 103 Å². The van der Waals surface area contributed by atoms with Crippen molar-refractivity contribution in [1.82, 2.24) is 0 Å². The maximum atomic E-state index is 11.0. The van der Waals surface area contributed by atoms with Crippen LogP contribution < -0.4 is 0 Å². The van der Waals surface area contributed by atoms with E-state index in [-0.39, 0.29) is 18.2 Å². The Bertz CT molecular complexity index is 325. The summed E-state index contributed by atoms with van der Waals surface area (Å²) in [6.45, 7) is 2.27. The molecule has 2 unspecified atom stereocenters. The molecule has 0 aliphatic carbocycles. The van der Waals surface area contributed by atoms with Crippen molar-refractivity contribution < 1.29 is 14.3 Å². The summed E-state index contributed by atoms with van der Waals surface area (Å²) in [5.74, 6) is -0.145. The molecule has 3 heteroatoms. The molecule has 0 aromatic carbocycles. The average Bonchev–Trinajstić information content (AvgIpc) is 3.32. The average molecular weight is 325 g/mol. The topological polar surface area (TPSA) is 38.8 Å². The first-order valence-corrected chi connectivity index (χ1v) is 9.67. The van der Waals surface area contributed by atoms with E-state index in [4.69, 9.17) is 4.74 Å². The van der Waals surface area contributed by atoms with Gasteiger partial charge in [-0.1, -0.05) is 76.9 Å². The minimum atomic E-state index is -0.145. The molecule has 3 nitrogen and oxygen atoms in total. The highest BCUT2D eigenvalue weighted by atomic mass is 16.6. The summed E-state index contributed by atoms with van der Waals surface area (Å²) >= 11 is 0. The molecule has 0 spiro atoms. The minimum Gasteiger partial charge on any atom is -0.469 e. The van der Waals surface area contributed by atoms with Crippen LogP contribution in [0.4, 0.5) is 0 Å². The van der Waals surface area contributed by atoms with Gasteiger partial charge in [-0.3, -0.25) is 4.79 Å². The third kappa shape index (κ3) is 11.4. The Kier molecular flexibility index (Phi) is 11.9. The van der Waals surface area contributed by atoms with E-state index < -0.39 is 0 Å². The molecular weight excluding hydrogens is 288 g/mol. The second-order valence-electron chi connectivity index (χ2n) is 6.65. The molecule has 23 heavy (non-hydrogen) atoms. The number of epoxide rings is 1. The van der Waals surface area contributed by atoms with Gasteiger partial charge in [0, 0.05) is 6.42 Å². The maximum Gasteiger partial charge on any atom is 0.305 e. The first-order valence-electron chi connectivity index (χ1n) is 9.67. The zero-order valence-electron chi connectivity index (χ0n) is 15.2. The van der Waals surface area contributed by atoms with Crippen molar-refractivity contribution >= 4 is 5.97 Å². The van der Waals surface area contributed by atoms with Gasteiger partial charge in [0.2, 0.25) is 0 Å². The first-order chi connectivity index (χ1) is 11.3.